The topological polar surface area (TPSA) is 99.6 Å². The first kappa shape index (κ1) is 27.6. The number of benzene rings is 2. The van der Waals surface area contributed by atoms with E-state index >= 15 is 0 Å². The molecule has 0 aliphatic carbocycles. The molecule has 0 bridgehead atoms. The first-order valence-corrected chi connectivity index (χ1v) is 13.7. The fourth-order valence-electron chi connectivity index (χ4n) is 5.93. The summed E-state index contributed by atoms with van der Waals surface area (Å²) < 4.78 is 11.1. The number of anilines is 1. The predicted molar refractivity (Wildman–Crippen MR) is 151 cm³/mol. The number of ether oxygens (including phenoxy) is 2. The van der Waals surface area contributed by atoms with Gasteiger partial charge in [0, 0.05) is 43.9 Å². The summed E-state index contributed by atoms with van der Waals surface area (Å²) >= 11 is 0. The average molecular weight is 546 g/mol. The van der Waals surface area contributed by atoms with E-state index in [1.54, 1.807) is 41.3 Å². The Morgan fingerprint density at radius 2 is 1.85 bits per heavy atom. The van der Waals surface area contributed by atoms with Gasteiger partial charge in [-0.2, -0.15) is 0 Å². The zero-order chi connectivity index (χ0) is 28.4. The second-order valence-corrected chi connectivity index (χ2v) is 10.2. The van der Waals surface area contributed by atoms with E-state index < -0.39 is 23.1 Å². The van der Waals surface area contributed by atoms with E-state index in [4.69, 9.17) is 9.47 Å². The molecular weight excluding hydrogens is 510 g/mol. The van der Waals surface area contributed by atoms with Gasteiger partial charge in [0.25, 0.3) is 17.6 Å². The number of amides is 2. The molecule has 2 fully saturated rings. The molecule has 3 heterocycles. The Kier molecular flexibility index (Phi) is 7.78. The molecule has 40 heavy (non-hydrogen) atoms. The van der Waals surface area contributed by atoms with Crippen LogP contribution in [-0.4, -0.2) is 85.0 Å². The maximum Gasteiger partial charge on any atom is 0.296 e. The van der Waals surface area contributed by atoms with Crippen molar-refractivity contribution in [3.8, 4) is 5.75 Å². The van der Waals surface area contributed by atoms with Crippen molar-refractivity contribution in [1.82, 2.24) is 9.80 Å². The minimum absolute atomic E-state index is 0.148. The van der Waals surface area contributed by atoms with E-state index in [1.165, 1.54) is 4.90 Å². The van der Waals surface area contributed by atoms with Gasteiger partial charge in [-0.25, -0.2) is 0 Å². The Morgan fingerprint density at radius 1 is 1.10 bits per heavy atom. The minimum atomic E-state index is -1.76. The maximum absolute atomic E-state index is 14.5. The van der Waals surface area contributed by atoms with Crippen molar-refractivity contribution in [3.05, 3.63) is 77.4 Å². The number of carbonyl (C=O) groups excluding carboxylic acids is 3. The Hall–Kier alpha value is -3.95. The summed E-state index contributed by atoms with van der Waals surface area (Å²) in [4.78, 5) is 47.2. The van der Waals surface area contributed by atoms with Crippen LogP contribution < -0.4 is 9.64 Å². The fraction of sp³-hybridized carbons (Fsp3) is 0.387. The number of aliphatic hydroxyl groups is 1. The van der Waals surface area contributed by atoms with E-state index in [2.05, 4.69) is 11.5 Å². The zero-order valence-electron chi connectivity index (χ0n) is 23.0. The molecule has 1 atom stereocenters. The second-order valence-electron chi connectivity index (χ2n) is 10.2. The summed E-state index contributed by atoms with van der Waals surface area (Å²) in [7, 11) is 0. The third-order valence-corrected chi connectivity index (χ3v) is 7.81. The van der Waals surface area contributed by atoms with Crippen LogP contribution in [0.5, 0.6) is 5.75 Å². The highest BCUT2D eigenvalue weighted by atomic mass is 16.5. The lowest BCUT2D eigenvalue weighted by Gasteiger charge is -2.36. The molecule has 210 valence electrons. The molecular formula is C31H35N3O6. The van der Waals surface area contributed by atoms with Crippen molar-refractivity contribution in [2.45, 2.75) is 25.8 Å². The lowest BCUT2D eigenvalue weighted by atomic mass is 9.81. The highest BCUT2D eigenvalue weighted by molar-refractivity contribution is 6.50. The van der Waals surface area contributed by atoms with Crippen LogP contribution in [0.25, 0.3) is 5.76 Å². The van der Waals surface area contributed by atoms with Crippen molar-refractivity contribution < 1.29 is 29.0 Å². The van der Waals surface area contributed by atoms with Gasteiger partial charge in [-0.1, -0.05) is 37.8 Å². The number of aliphatic hydroxyl groups excluding tert-OH is 1. The summed E-state index contributed by atoms with van der Waals surface area (Å²) in [6.45, 7) is 11.4. The highest BCUT2D eigenvalue weighted by Gasteiger charge is 2.67. The van der Waals surface area contributed by atoms with Crippen molar-refractivity contribution >= 4 is 29.0 Å². The molecule has 2 saturated heterocycles. The predicted octanol–water partition coefficient (Wildman–Crippen LogP) is 3.22. The van der Waals surface area contributed by atoms with Crippen molar-refractivity contribution in [3.63, 3.8) is 0 Å². The van der Waals surface area contributed by atoms with Crippen molar-refractivity contribution in [1.29, 1.82) is 0 Å². The summed E-state index contributed by atoms with van der Waals surface area (Å²) in [5.74, 6) is -1.84. The Labute approximate surface area is 234 Å². The average Bonchev–Trinajstić information content (AvgIpc) is 3.34. The monoisotopic (exact) mass is 545 g/mol. The number of hydrogen-bond donors (Lipinski definition) is 1. The van der Waals surface area contributed by atoms with Crippen LogP contribution in [0.1, 0.15) is 30.0 Å². The van der Waals surface area contributed by atoms with Crippen LogP contribution >= 0.6 is 0 Å². The maximum atomic E-state index is 14.5. The number of para-hydroxylation sites is 1. The summed E-state index contributed by atoms with van der Waals surface area (Å²) in [6.07, 6.45) is 2.32. The largest absolute Gasteiger partial charge is 0.507 e. The number of likely N-dealkylation sites (tertiary alicyclic amines) is 1. The molecule has 0 saturated carbocycles. The van der Waals surface area contributed by atoms with Gasteiger partial charge in [-0.15, -0.1) is 0 Å². The van der Waals surface area contributed by atoms with Gasteiger partial charge in [0.05, 0.1) is 24.5 Å². The van der Waals surface area contributed by atoms with E-state index in [0.29, 0.717) is 75.0 Å². The standard InChI is InChI=1S/C31H35N3O6/c1-4-12-33-24-9-7-6-8-23(24)31(30(33)38)26(27(35)22-10-11-25(21(3)20-22)40-17-5-2)28(36)29(37)34(31)14-13-32-15-18-39-19-16-32/h5-11,20,35H,2,4,12-19H2,1,3H3/b27-26+. The van der Waals surface area contributed by atoms with E-state index in [9.17, 15) is 19.5 Å². The number of Topliss-reactive ketones (excluding diaryl/α,β-unsaturated/α-hetero) is 1. The first-order chi connectivity index (χ1) is 19.4. The van der Waals surface area contributed by atoms with E-state index in [1.807, 2.05) is 26.0 Å². The van der Waals surface area contributed by atoms with Crippen molar-refractivity contribution in [2.24, 2.45) is 0 Å². The summed E-state index contributed by atoms with van der Waals surface area (Å²) in [5.41, 5.74) is 0.263. The summed E-state index contributed by atoms with van der Waals surface area (Å²) in [6, 6.07) is 12.3. The van der Waals surface area contributed by atoms with Crippen LogP contribution in [0.3, 0.4) is 0 Å². The number of fused-ring (bicyclic) bond motifs is 2. The Bertz CT molecular complexity index is 1380. The smallest absolute Gasteiger partial charge is 0.296 e. The van der Waals surface area contributed by atoms with Gasteiger partial charge in [0.1, 0.15) is 18.1 Å². The molecule has 9 heteroatoms. The highest BCUT2D eigenvalue weighted by Crippen LogP contribution is 2.53. The van der Waals surface area contributed by atoms with Crippen LogP contribution in [0, 0.1) is 6.92 Å². The third kappa shape index (κ3) is 4.39. The fourth-order valence-corrected chi connectivity index (χ4v) is 5.93. The molecule has 0 aromatic heterocycles. The number of morpholine rings is 1. The number of carbonyl (C=O) groups is 3. The zero-order valence-corrected chi connectivity index (χ0v) is 23.0. The molecule has 2 amide bonds. The van der Waals surface area contributed by atoms with Gasteiger partial charge >= 0.3 is 0 Å². The Balaban J connectivity index is 1.68. The van der Waals surface area contributed by atoms with Gasteiger partial charge in [0.2, 0.25) is 0 Å². The molecule has 3 aliphatic rings. The molecule has 9 nitrogen and oxygen atoms in total. The number of aryl methyl sites for hydroxylation is 1. The molecule has 2 aromatic rings. The number of nitrogens with zero attached hydrogens (tertiary/aromatic N) is 3. The number of ketones is 1. The number of rotatable bonds is 9. The lowest BCUT2D eigenvalue weighted by molar-refractivity contribution is -0.144. The normalized spacial score (nSPS) is 22.3. The van der Waals surface area contributed by atoms with E-state index in [0.717, 1.165) is 5.56 Å². The lowest BCUT2D eigenvalue weighted by Crippen LogP contribution is -2.54. The molecule has 3 aliphatic heterocycles. The molecule has 5 rings (SSSR count). The van der Waals surface area contributed by atoms with Gasteiger partial charge in [-0.3, -0.25) is 19.3 Å². The van der Waals surface area contributed by atoms with Gasteiger partial charge < -0.3 is 24.4 Å². The SMILES string of the molecule is C=CCOc1ccc(/C(O)=C2/C(=O)C(=O)N(CCN3CCOCC3)C23C(=O)N(CCC)c2ccccc23)cc1C. The second kappa shape index (κ2) is 11.3. The van der Waals surface area contributed by atoms with Crippen LogP contribution in [0.2, 0.25) is 0 Å². The van der Waals surface area contributed by atoms with Gasteiger partial charge in [0.15, 0.2) is 5.54 Å². The summed E-state index contributed by atoms with van der Waals surface area (Å²) in [5, 5.41) is 11.7. The molecule has 1 unspecified atom stereocenters. The molecule has 0 radical (unpaired) electrons. The Morgan fingerprint density at radius 3 is 2.55 bits per heavy atom. The minimum Gasteiger partial charge on any atom is -0.507 e. The van der Waals surface area contributed by atoms with Crippen LogP contribution in [0.15, 0.2) is 60.7 Å². The van der Waals surface area contributed by atoms with Crippen LogP contribution in [0.4, 0.5) is 5.69 Å². The van der Waals surface area contributed by atoms with Crippen LogP contribution in [-0.2, 0) is 24.7 Å². The quantitative estimate of drug-likeness (QED) is 0.224. The van der Waals surface area contributed by atoms with E-state index in [-0.39, 0.29) is 17.9 Å². The molecule has 2 aromatic carbocycles. The molecule has 1 N–H and O–H groups in total. The first-order valence-electron chi connectivity index (χ1n) is 13.7. The molecule has 1 spiro atoms. The number of hydrogen-bond acceptors (Lipinski definition) is 7. The third-order valence-electron chi connectivity index (χ3n) is 7.81. The van der Waals surface area contributed by atoms with Gasteiger partial charge in [-0.05, 0) is 43.2 Å². The van der Waals surface area contributed by atoms with Crippen molar-refractivity contribution in [2.75, 3.05) is 57.4 Å².